The fourth-order valence-corrected chi connectivity index (χ4v) is 4.86. The van der Waals surface area contributed by atoms with Gasteiger partial charge in [-0.15, -0.1) is 0 Å². The molecule has 10 heteroatoms. The Balaban J connectivity index is 1.33. The molecule has 35 heavy (non-hydrogen) atoms. The van der Waals surface area contributed by atoms with Crippen molar-refractivity contribution in [3.8, 4) is 11.3 Å². The van der Waals surface area contributed by atoms with Crippen LogP contribution in [-0.4, -0.2) is 34.7 Å². The number of benzene rings is 1. The van der Waals surface area contributed by atoms with Gasteiger partial charge in [-0.1, -0.05) is 65.1 Å². The molecule has 1 aromatic carbocycles. The average Bonchev–Trinajstić information content (AvgIpc) is 3.23. The molecular weight excluding hydrogens is 491 g/mol. The van der Waals surface area contributed by atoms with Crippen LogP contribution in [0.25, 0.3) is 11.3 Å². The van der Waals surface area contributed by atoms with Crippen molar-refractivity contribution >= 4 is 35.2 Å². The number of nitrogens with one attached hydrogen (secondary N) is 2. The maximum atomic E-state index is 13.2. The number of hydrogen-bond donors (Lipinski definition) is 2. The molecule has 0 bridgehead atoms. The molecule has 2 heterocycles. The van der Waals surface area contributed by atoms with Gasteiger partial charge in [0, 0.05) is 30.5 Å². The van der Waals surface area contributed by atoms with E-state index in [0.29, 0.717) is 23.4 Å². The minimum Gasteiger partial charge on any atom is -0.445 e. The molecule has 8 nitrogen and oxygen atoms in total. The monoisotopic (exact) mass is 516 g/mol. The third kappa shape index (κ3) is 6.32. The molecule has 1 aliphatic carbocycles. The van der Waals surface area contributed by atoms with Crippen LogP contribution in [-0.2, 0) is 11.3 Å². The summed E-state index contributed by atoms with van der Waals surface area (Å²) in [6, 6.07) is 9.47. The standard InChI is InChI=1S/C25H26Cl2N4O4/c1-15-21(23(31-35-15)22-19(26)12-28-13-20(22)27)24(32)30-18-9-5-8-17(10-18)11-29-25(33)34-14-16-6-3-2-4-7-16/h2-4,6-7,12-13,17-18H,5,8-11,14H2,1H3,(H,29,33)(H,30,32). The maximum absolute atomic E-state index is 13.2. The fraction of sp³-hybridized carbons (Fsp3) is 0.360. The summed E-state index contributed by atoms with van der Waals surface area (Å²) in [5.74, 6) is 0.297. The molecule has 2 amide bonds. The molecule has 1 saturated carbocycles. The van der Waals surface area contributed by atoms with E-state index in [9.17, 15) is 9.59 Å². The number of alkyl carbamates (subject to hydrolysis) is 1. The van der Waals surface area contributed by atoms with Crippen molar-refractivity contribution in [3.63, 3.8) is 0 Å². The topological polar surface area (TPSA) is 106 Å². The van der Waals surface area contributed by atoms with Gasteiger partial charge in [0.15, 0.2) is 0 Å². The highest BCUT2D eigenvalue weighted by molar-refractivity contribution is 6.39. The van der Waals surface area contributed by atoms with E-state index in [1.165, 1.54) is 12.4 Å². The maximum Gasteiger partial charge on any atom is 0.407 e. The van der Waals surface area contributed by atoms with Gasteiger partial charge >= 0.3 is 6.09 Å². The molecule has 0 saturated heterocycles. The first-order valence-electron chi connectivity index (χ1n) is 11.4. The van der Waals surface area contributed by atoms with Crippen molar-refractivity contribution in [2.24, 2.45) is 5.92 Å². The van der Waals surface area contributed by atoms with Crippen molar-refractivity contribution in [1.29, 1.82) is 0 Å². The van der Waals surface area contributed by atoms with E-state index in [0.717, 1.165) is 31.2 Å². The molecule has 0 radical (unpaired) electrons. The second-order valence-corrected chi connectivity index (χ2v) is 9.40. The van der Waals surface area contributed by atoms with Crippen LogP contribution in [0.2, 0.25) is 10.0 Å². The highest BCUT2D eigenvalue weighted by Crippen LogP contribution is 2.36. The number of aromatic nitrogens is 2. The average molecular weight is 517 g/mol. The Morgan fingerprint density at radius 1 is 1.14 bits per heavy atom. The van der Waals surface area contributed by atoms with E-state index in [2.05, 4.69) is 20.8 Å². The lowest BCUT2D eigenvalue weighted by atomic mass is 9.85. The van der Waals surface area contributed by atoms with Gasteiger partial charge in [-0.3, -0.25) is 9.78 Å². The highest BCUT2D eigenvalue weighted by atomic mass is 35.5. The molecule has 2 atom stereocenters. The molecule has 0 aliphatic heterocycles. The zero-order valence-electron chi connectivity index (χ0n) is 19.2. The Bertz CT molecular complexity index is 1170. The van der Waals surface area contributed by atoms with E-state index in [-0.39, 0.29) is 40.2 Å². The summed E-state index contributed by atoms with van der Waals surface area (Å²) in [4.78, 5) is 29.2. The van der Waals surface area contributed by atoms with Crippen molar-refractivity contribution in [2.75, 3.05) is 6.54 Å². The summed E-state index contributed by atoms with van der Waals surface area (Å²) in [5, 5.41) is 10.5. The number of nitrogens with zero attached hydrogens (tertiary/aromatic N) is 2. The van der Waals surface area contributed by atoms with Crippen molar-refractivity contribution in [3.05, 3.63) is 69.7 Å². The highest BCUT2D eigenvalue weighted by Gasteiger charge is 2.29. The van der Waals surface area contributed by atoms with Gasteiger partial charge in [0.05, 0.1) is 10.0 Å². The predicted molar refractivity (Wildman–Crippen MR) is 132 cm³/mol. The Morgan fingerprint density at radius 2 is 1.89 bits per heavy atom. The molecule has 3 aromatic rings. The Labute approximate surface area is 213 Å². The summed E-state index contributed by atoms with van der Waals surface area (Å²) in [7, 11) is 0. The van der Waals surface area contributed by atoms with Crippen molar-refractivity contribution in [2.45, 2.75) is 45.3 Å². The lowest BCUT2D eigenvalue weighted by molar-refractivity contribution is 0.0916. The van der Waals surface area contributed by atoms with E-state index in [1.807, 2.05) is 30.3 Å². The summed E-state index contributed by atoms with van der Waals surface area (Å²) < 4.78 is 10.6. The van der Waals surface area contributed by atoms with Crippen LogP contribution in [0, 0.1) is 12.8 Å². The zero-order chi connectivity index (χ0) is 24.8. The lowest BCUT2D eigenvalue weighted by Gasteiger charge is -2.29. The van der Waals surface area contributed by atoms with Gasteiger partial charge in [-0.05, 0) is 37.7 Å². The van der Waals surface area contributed by atoms with Crippen LogP contribution in [0.3, 0.4) is 0 Å². The first kappa shape index (κ1) is 25.0. The number of aryl methyl sites for hydroxylation is 1. The lowest BCUT2D eigenvalue weighted by Crippen LogP contribution is -2.41. The van der Waals surface area contributed by atoms with Gasteiger partial charge in [0.1, 0.15) is 23.6 Å². The minimum absolute atomic E-state index is 0.0473. The zero-order valence-corrected chi connectivity index (χ0v) is 20.7. The van der Waals surface area contributed by atoms with E-state index in [1.54, 1.807) is 6.92 Å². The summed E-state index contributed by atoms with van der Waals surface area (Å²) in [6.45, 7) is 2.38. The molecule has 2 aromatic heterocycles. The molecule has 2 unspecified atom stereocenters. The molecule has 2 N–H and O–H groups in total. The van der Waals surface area contributed by atoms with Gasteiger partial charge in [0.2, 0.25) is 0 Å². The fourth-order valence-electron chi connectivity index (χ4n) is 4.31. The molecule has 1 fully saturated rings. The third-order valence-electron chi connectivity index (χ3n) is 6.05. The molecular formula is C25H26Cl2N4O4. The minimum atomic E-state index is -0.448. The van der Waals surface area contributed by atoms with Crippen molar-refractivity contribution < 1.29 is 18.8 Å². The van der Waals surface area contributed by atoms with E-state index in [4.69, 9.17) is 32.5 Å². The van der Waals surface area contributed by atoms with Crippen molar-refractivity contribution in [1.82, 2.24) is 20.8 Å². The number of carbonyl (C=O) groups is 2. The SMILES string of the molecule is Cc1onc(-c2c(Cl)cncc2Cl)c1C(=O)NC1CCCC(CNC(=O)OCc2ccccc2)C1. The Kier molecular flexibility index (Phi) is 8.25. The van der Waals surface area contributed by atoms with E-state index < -0.39 is 6.09 Å². The molecule has 0 spiro atoms. The van der Waals surface area contributed by atoms with Crippen LogP contribution in [0.4, 0.5) is 4.79 Å². The molecule has 184 valence electrons. The van der Waals surface area contributed by atoms with E-state index >= 15 is 0 Å². The number of hydrogen-bond acceptors (Lipinski definition) is 6. The number of ether oxygens (including phenoxy) is 1. The predicted octanol–water partition coefficient (Wildman–Crippen LogP) is 5.57. The van der Waals surface area contributed by atoms with Gasteiger partial charge in [-0.2, -0.15) is 0 Å². The molecule has 1 aliphatic rings. The molecule has 4 rings (SSSR count). The third-order valence-corrected chi connectivity index (χ3v) is 6.62. The quantitative estimate of drug-likeness (QED) is 0.425. The Morgan fingerprint density at radius 3 is 2.63 bits per heavy atom. The summed E-state index contributed by atoms with van der Waals surface area (Å²) in [6.07, 6.45) is 5.92. The van der Waals surface area contributed by atoms with Crippen LogP contribution in [0.1, 0.15) is 47.4 Å². The smallest absolute Gasteiger partial charge is 0.407 e. The Hall–Kier alpha value is -3.10. The number of halogens is 2. The first-order valence-corrected chi connectivity index (χ1v) is 12.2. The second kappa shape index (κ2) is 11.6. The normalized spacial score (nSPS) is 17.6. The van der Waals surface area contributed by atoms with Gasteiger partial charge in [-0.25, -0.2) is 4.79 Å². The largest absolute Gasteiger partial charge is 0.445 e. The first-order chi connectivity index (χ1) is 16.9. The van der Waals surface area contributed by atoms with Crippen LogP contribution in [0.15, 0.2) is 47.2 Å². The number of pyridine rings is 1. The second-order valence-electron chi connectivity index (χ2n) is 8.59. The number of carbonyl (C=O) groups excluding carboxylic acids is 2. The summed E-state index contributed by atoms with van der Waals surface area (Å²) in [5.41, 5.74) is 1.92. The number of rotatable bonds is 7. The van der Waals surface area contributed by atoms with Crippen LogP contribution in [0.5, 0.6) is 0 Å². The van der Waals surface area contributed by atoms with Crippen LogP contribution >= 0.6 is 23.2 Å². The van der Waals surface area contributed by atoms with Crippen LogP contribution < -0.4 is 10.6 Å². The summed E-state index contributed by atoms with van der Waals surface area (Å²) >= 11 is 12.5. The number of amides is 2. The van der Waals surface area contributed by atoms with Gasteiger partial charge < -0.3 is 19.9 Å². The van der Waals surface area contributed by atoms with Gasteiger partial charge in [0.25, 0.3) is 5.91 Å².